The van der Waals surface area contributed by atoms with Gasteiger partial charge < -0.3 is 20.1 Å². The summed E-state index contributed by atoms with van der Waals surface area (Å²) in [6, 6.07) is 1.24. The molecule has 1 aromatic heterocycles. The Morgan fingerprint density at radius 2 is 2.45 bits per heavy atom. The first-order chi connectivity index (χ1) is 9.66. The molecular formula is C12H15Cl2N3O3. The Kier molecular flexibility index (Phi) is 5.85. The molecule has 110 valence electrons. The quantitative estimate of drug-likeness (QED) is 0.788. The third-order valence-electron chi connectivity index (χ3n) is 2.65. The second kappa shape index (κ2) is 7.64. The lowest BCUT2D eigenvalue weighted by molar-refractivity contribution is -0.126. The van der Waals surface area contributed by atoms with Crippen molar-refractivity contribution in [2.75, 3.05) is 32.9 Å². The fourth-order valence-corrected chi connectivity index (χ4v) is 2.12. The summed E-state index contributed by atoms with van der Waals surface area (Å²) in [5.74, 6) is 0.188. The van der Waals surface area contributed by atoms with Crippen LogP contribution < -0.4 is 15.4 Å². The number of nitrogens with zero attached hydrogens (tertiary/aromatic N) is 1. The second-order valence-corrected chi connectivity index (χ2v) is 5.01. The number of carbonyl (C=O) groups excluding carboxylic acids is 1. The summed E-state index contributed by atoms with van der Waals surface area (Å²) in [5.41, 5.74) is 0. The topological polar surface area (TPSA) is 72.5 Å². The summed E-state index contributed by atoms with van der Waals surface area (Å²) in [6.07, 6.45) is 1.45. The zero-order chi connectivity index (χ0) is 14.4. The number of halogens is 2. The van der Waals surface area contributed by atoms with Gasteiger partial charge in [-0.2, -0.15) is 0 Å². The lowest BCUT2D eigenvalue weighted by atomic mass is 10.2. The average molecular weight is 320 g/mol. The van der Waals surface area contributed by atoms with E-state index in [-0.39, 0.29) is 18.6 Å². The van der Waals surface area contributed by atoms with E-state index in [9.17, 15) is 4.79 Å². The van der Waals surface area contributed by atoms with Crippen molar-refractivity contribution in [3.63, 3.8) is 0 Å². The Balaban J connectivity index is 1.69. The summed E-state index contributed by atoms with van der Waals surface area (Å²) < 4.78 is 10.6. The Morgan fingerprint density at radius 3 is 3.15 bits per heavy atom. The SMILES string of the molecule is O=C(NCCOc1ncc(Cl)cc1Cl)[C@@H]1COCCN1. The van der Waals surface area contributed by atoms with Gasteiger partial charge in [-0.15, -0.1) is 0 Å². The largest absolute Gasteiger partial charge is 0.475 e. The van der Waals surface area contributed by atoms with E-state index in [0.29, 0.717) is 42.2 Å². The highest BCUT2D eigenvalue weighted by molar-refractivity contribution is 6.35. The van der Waals surface area contributed by atoms with Crippen LogP contribution in [0.2, 0.25) is 10.0 Å². The van der Waals surface area contributed by atoms with Gasteiger partial charge in [-0.25, -0.2) is 4.98 Å². The van der Waals surface area contributed by atoms with E-state index in [1.807, 2.05) is 0 Å². The smallest absolute Gasteiger partial charge is 0.239 e. The molecule has 6 nitrogen and oxygen atoms in total. The molecule has 2 rings (SSSR count). The van der Waals surface area contributed by atoms with Crippen molar-refractivity contribution in [2.45, 2.75) is 6.04 Å². The van der Waals surface area contributed by atoms with Gasteiger partial charge in [0.2, 0.25) is 11.8 Å². The van der Waals surface area contributed by atoms with Crippen LogP contribution in [0.4, 0.5) is 0 Å². The fourth-order valence-electron chi connectivity index (χ4n) is 1.69. The average Bonchev–Trinajstić information content (AvgIpc) is 2.46. The van der Waals surface area contributed by atoms with E-state index in [4.69, 9.17) is 32.7 Å². The van der Waals surface area contributed by atoms with Crippen molar-refractivity contribution >= 4 is 29.1 Å². The first kappa shape index (κ1) is 15.3. The minimum absolute atomic E-state index is 0.108. The second-order valence-electron chi connectivity index (χ2n) is 4.16. The van der Waals surface area contributed by atoms with Crippen LogP contribution in [-0.4, -0.2) is 49.8 Å². The Hall–Kier alpha value is -1.08. The van der Waals surface area contributed by atoms with Gasteiger partial charge in [0.1, 0.15) is 17.7 Å². The highest BCUT2D eigenvalue weighted by Gasteiger charge is 2.20. The number of pyridine rings is 1. The van der Waals surface area contributed by atoms with Crippen molar-refractivity contribution in [3.8, 4) is 5.88 Å². The van der Waals surface area contributed by atoms with Gasteiger partial charge in [-0.05, 0) is 6.07 Å². The van der Waals surface area contributed by atoms with E-state index in [1.165, 1.54) is 6.20 Å². The molecule has 0 bridgehead atoms. The van der Waals surface area contributed by atoms with Crippen LogP contribution in [0.1, 0.15) is 0 Å². The zero-order valence-corrected chi connectivity index (χ0v) is 12.2. The summed E-state index contributed by atoms with van der Waals surface area (Å²) in [5, 5.41) is 6.60. The van der Waals surface area contributed by atoms with Crippen LogP contribution in [0.3, 0.4) is 0 Å². The first-order valence-corrected chi connectivity index (χ1v) is 6.95. The van der Waals surface area contributed by atoms with Crippen molar-refractivity contribution < 1.29 is 14.3 Å². The molecule has 1 aliphatic rings. The summed E-state index contributed by atoms with van der Waals surface area (Å²) in [7, 11) is 0. The Bertz CT molecular complexity index is 467. The number of hydrogen-bond donors (Lipinski definition) is 2. The van der Waals surface area contributed by atoms with E-state index in [2.05, 4.69) is 15.6 Å². The van der Waals surface area contributed by atoms with E-state index in [1.54, 1.807) is 6.07 Å². The van der Waals surface area contributed by atoms with Crippen molar-refractivity contribution in [3.05, 3.63) is 22.3 Å². The highest BCUT2D eigenvalue weighted by atomic mass is 35.5. The molecule has 0 spiro atoms. The summed E-state index contributed by atoms with van der Waals surface area (Å²) >= 11 is 11.6. The lowest BCUT2D eigenvalue weighted by Gasteiger charge is -2.22. The number of carbonyl (C=O) groups is 1. The zero-order valence-electron chi connectivity index (χ0n) is 10.7. The summed E-state index contributed by atoms with van der Waals surface area (Å²) in [4.78, 5) is 15.7. The third kappa shape index (κ3) is 4.49. The monoisotopic (exact) mass is 319 g/mol. The molecule has 20 heavy (non-hydrogen) atoms. The van der Waals surface area contributed by atoms with Crippen molar-refractivity contribution in [2.24, 2.45) is 0 Å². The number of nitrogens with one attached hydrogen (secondary N) is 2. The molecule has 1 aliphatic heterocycles. The molecule has 1 atom stereocenters. The van der Waals surface area contributed by atoms with Crippen LogP contribution >= 0.6 is 23.2 Å². The Labute approximate surface area is 126 Å². The number of morpholine rings is 1. The molecule has 0 unspecified atom stereocenters. The Morgan fingerprint density at radius 1 is 1.60 bits per heavy atom. The molecule has 0 aromatic carbocycles. The van der Waals surface area contributed by atoms with E-state index >= 15 is 0 Å². The molecule has 1 fully saturated rings. The molecule has 0 aliphatic carbocycles. The number of hydrogen-bond acceptors (Lipinski definition) is 5. The molecule has 1 saturated heterocycles. The maximum absolute atomic E-state index is 11.8. The summed E-state index contributed by atoms with van der Waals surface area (Å²) in [6.45, 7) is 2.33. The van der Waals surface area contributed by atoms with Crippen LogP contribution in [0, 0.1) is 0 Å². The van der Waals surface area contributed by atoms with Gasteiger partial charge in [-0.3, -0.25) is 4.79 Å². The first-order valence-electron chi connectivity index (χ1n) is 6.19. The van der Waals surface area contributed by atoms with Crippen LogP contribution in [-0.2, 0) is 9.53 Å². The van der Waals surface area contributed by atoms with Gasteiger partial charge in [0.25, 0.3) is 0 Å². The predicted molar refractivity (Wildman–Crippen MR) is 75.4 cm³/mol. The van der Waals surface area contributed by atoms with Gasteiger partial charge in [0.05, 0.1) is 24.8 Å². The third-order valence-corrected chi connectivity index (χ3v) is 3.13. The van der Waals surface area contributed by atoms with Gasteiger partial charge in [0, 0.05) is 12.7 Å². The molecular weight excluding hydrogens is 305 g/mol. The van der Waals surface area contributed by atoms with E-state index in [0.717, 1.165) is 0 Å². The number of ether oxygens (including phenoxy) is 2. The van der Waals surface area contributed by atoms with Gasteiger partial charge in [-0.1, -0.05) is 23.2 Å². The number of amides is 1. The van der Waals surface area contributed by atoms with Crippen molar-refractivity contribution in [1.82, 2.24) is 15.6 Å². The number of aromatic nitrogens is 1. The minimum atomic E-state index is -0.305. The molecule has 8 heteroatoms. The van der Waals surface area contributed by atoms with Crippen LogP contribution in [0.15, 0.2) is 12.3 Å². The van der Waals surface area contributed by atoms with Crippen molar-refractivity contribution in [1.29, 1.82) is 0 Å². The maximum Gasteiger partial charge on any atom is 0.239 e. The normalized spacial score (nSPS) is 18.6. The highest BCUT2D eigenvalue weighted by Crippen LogP contribution is 2.24. The molecule has 2 N–H and O–H groups in total. The van der Waals surface area contributed by atoms with Gasteiger partial charge >= 0.3 is 0 Å². The lowest BCUT2D eigenvalue weighted by Crippen LogP contribution is -2.51. The fraction of sp³-hybridized carbons (Fsp3) is 0.500. The molecule has 2 heterocycles. The molecule has 1 amide bonds. The van der Waals surface area contributed by atoms with Crippen LogP contribution in [0.25, 0.3) is 0 Å². The predicted octanol–water partition coefficient (Wildman–Crippen LogP) is 0.872. The van der Waals surface area contributed by atoms with Gasteiger partial charge in [0.15, 0.2) is 0 Å². The number of rotatable bonds is 5. The van der Waals surface area contributed by atoms with E-state index < -0.39 is 0 Å². The molecule has 0 saturated carbocycles. The maximum atomic E-state index is 11.8. The molecule has 1 aromatic rings. The standard InChI is InChI=1S/C12H15Cl2N3O3/c13-8-5-9(14)12(17-6-8)20-4-2-16-11(18)10-7-19-3-1-15-10/h5-6,10,15H,1-4,7H2,(H,16,18)/t10-/m0/s1. The minimum Gasteiger partial charge on any atom is -0.475 e. The molecule has 0 radical (unpaired) electrons. The van der Waals surface area contributed by atoms with Crippen LogP contribution in [0.5, 0.6) is 5.88 Å².